The molecular formula is C13H18ClN. The van der Waals surface area contributed by atoms with Crippen LogP contribution in [0.15, 0.2) is 18.2 Å². The quantitative estimate of drug-likeness (QED) is 0.783. The molecular weight excluding hydrogens is 206 g/mol. The van der Waals surface area contributed by atoms with Gasteiger partial charge in [-0.1, -0.05) is 18.2 Å². The molecule has 0 heterocycles. The van der Waals surface area contributed by atoms with Crippen LogP contribution in [-0.4, -0.2) is 5.88 Å². The molecule has 82 valence electrons. The molecule has 0 aliphatic heterocycles. The maximum absolute atomic E-state index is 6.05. The second-order valence-electron chi connectivity index (χ2n) is 4.32. The number of aryl methyl sites for hydroxylation is 2. The lowest BCUT2D eigenvalue weighted by atomic mass is 9.89. The molecule has 15 heavy (non-hydrogen) atoms. The Morgan fingerprint density at radius 3 is 2.67 bits per heavy atom. The second-order valence-corrected chi connectivity index (χ2v) is 4.70. The highest BCUT2D eigenvalue weighted by Crippen LogP contribution is 2.25. The number of benzene rings is 1. The fraction of sp³-hybridized carbons (Fsp3) is 0.538. The van der Waals surface area contributed by atoms with Crippen LogP contribution in [-0.2, 0) is 12.8 Å². The largest absolute Gasteiger partial charge is 0.324 e. The molecule has 1 aliphatic rings. The fourth-order valence-corrected chi connectivity index (χ4v) is 2.50. The highest BCUT2D eigenvalue weighted by Gasteiger charge is 2.12. The summed E-state index contributed by atoms with van der Waals surface area (Å²) >= 11 is 5.71. The van der Waals surface area contributed by atoms with Gasteiger partial charge in [-0.05, 0) is 48.8 Å². The van der Waals surface area contributed by atoms with E-state index in [1.807, 2.05) is 0 Å². The molecule has 0 radical (unpaired) electrons. The van der Waals surface area contributed by atoms with Gasteiger partial charge in [-0.3, -0.25) is 0 Å². The summed E-state index contributed by atoms with van der Waals surface area (Å²) in [6.07, 6.45) is 5.97. The Morgan fingerprint density at radius 2 is 1.93 bits per heavy atom. The minimum Gasteiger partial charge on any atom is -0.324 e. The number of fused-ring (bicyclic) bond motifs is 1. The highest BCUT2D eigenvalue weighted by atomic mass is 35.5. The first-order chi connectivity index (χ1) is 7.31. The highest BCUT2D eigenvalue weighted by molar-refractivity contribution is 6.17. The molecule has 1 nitrogen and oxygen atoms in total. The molecule has 1 atom stereocenters. The van der Waals surface area contributed by atoms with Gasteiger partial charge in [-0.25, -0.2) is 0 Å². The van der Waals surface area contributed by atoms with Crippen LogP contribution in [0, 0.1) is 0 Å². The molecule has 0 fully saturated rings. The summed E-state index contributed by atoms with van der Waals surface area (Å²) in [6, 6.07) is 6.81. The van der Waals surface area contributed by atoms with E-state index in [4.69, 9.17) is 17.3 Å². The molecule has 1 aromatic rings. The monoisotopic (exact) mass is 223 g/mol. The van der Waals surface area contributed by atoms with Crippen LogP contribution in [0.4, 0.5) is 0 Å². The predicted octanol–water partition coefficient (Wildman–Crippen LogP) is 3.19. The third-order valence-corrected chi connectivity index (χ3v) is 3.44. The first-order valence-electron chi connectivity index (χ1n) is 5.74. The van der Waals surface area contributed by atoms with E-state index in [2.05, 4.69) is 18.2 Å². The van der Waals surface area contributed by atoms with Crippen LogP contribution >= 0.6 is 11.6 Å². The van der Waals surface area contributed by atoms with Crippen molar-refractivity contribution >= 4 is 11.6 Å². The average Bonchev–Trinajstić information content (AvgIpc) is 2.29. The lowest BCUT2D eigenvalue weighted by Gasteiger charge is -2.18. The maximum Gasteiger partial charge on any atom is 0.0306 e. The molecule has 2 rings (SSSR count). The minimum atomic E-state index is 0.106. The van der Waals surface area contributed by atoms with Crippen molar-refractivity contribution in [2.45, 2.75) is 38.1 Å². The third kappa shape index (κ3) is 2.53. The SMILES string of the molecule is NC(CCCl)c1ccc2c(c1)CCCC2. The van der Waals surface area contributed by atoms with E-state index < -0.39 is 0 Å². The van der Waals surface area contributed by atoms with Gasteiger partial charge in [0.15, 0.2) is 0 Å². The normalized spacial score (nSPS) is 17.2. The van der Waals surface area contributed by atoms with Crippen molar-refractivity contribution in [3.05, 3.63) is 34.9 Å². The first kappa shape index (κ1) is 11.0. The maximum atomic E-state index is 6.05. The summed E-state index contributed by atoms with van der Waals surface area (Å²) in [4.78, 5) is 0. The predicted molar refractivity (Wildman–Crippen MR) is 65.3 cm³/mol. The number of hydrogen-bond donors (Lipinski definition) is 1. The molecule has 2 heteroatoms. The van der Waals surface area contributed by atoms with Crippen molar-refractivity contribution < 1.29 is 0 Å². The topological polar surface area (TPSA) is 26.0 Å². The van der Waals surface area contributed by atoms with Gasteiger partial charge in [0.25, 0.3) is 0 Å². The van der Waals surface area contributed by atoms with Gasteiger partial charge in [0.1, 0.15) is 0 Å². The van der Waals surface area contributed by atoms with E-state index in [1.54, 1.807) is 0 Å². The van der Waals surface area contributed by atoms with Crippen LogP contribution < -0.4 is 5.73 Å². The van der Waals surface area contributed by atoms with Gasteiger partial charge in [0, 0.05) is 11.9 Å². The van der Waals surface area contributed by atoms with E-state index >= 15 is 0 Å². The number of rotatable bonds is 3. The molecule has 1 aromatic carbocycles. The molecule has 1 unspecified atom stereocenters. The number of nitrogens with two attached hydrogens (primary N) is 1. The molecule has 0 saturated heterocycles. The van der Waals surface area contributed by atoms with Gasteiger partial charge >= 0.3 is 0 Å². The van der Waals surface area contributed by atoms with Gasteiger partial charge in [-0.2, -0.15) is 0 Å². The zero-order valence-electron chi connectivity index (χ0n) is 9.01. The Hall–Kier alpha value is -0.530. The van der Waals surface area contributed by atoms with Crippen LogP contribution in [0.3, 0.4) is 0 Å². The fourth-order valence-electron chi connectivity index (χ4n) is 2.27. The van der Waals surface area contributed by atoms with Gasteiger partial charge < -0.3 is 5.73 Å². The minimum absolute atomic E-state index is 0.106. The molecule has 2 N–H and O–H groups in total. The molecule has 0 aromatic heterocycles. The van der Waals surface area contributed by atoms with E-state index in [1.165, 1.54) is 42.4 Å². The summed E-state index contributed by atoms with van der Waals surface area (Å²) in [5.41, 5.74) is 10.3. The van der Waals surface area contributed by atoms with E-state index in [9.17, 15) is 0 Å². The number of halogens is 1. The molecule has 0 bridgehead atoms. The Balaban J connectivity index is 2.20. The van der Waals surface area contributed by atoms with E-state index in [0.29, 0.717) is 5.88 Å². The zero-order chi connectivity index (χ0) is 10.7. The standard InChI is InChI=1S/C13H18ClN/c14-8-7-13(15)12-6-5-10-3-1-2-4-11(10)9-12/h5-6,9,13H,1-4,7-8,15H2. The molecule has 0 saturated carbocycles. The van der Waals surface area contributed by atoms with Gasteiger partial charge in [-0.15, -0.1) is 11.6 Å². The van der Waals surface area contributed by atoms with Crippen LogP contribution in [0.1, 0.15) is 42.0 Å². The zero-order valence-corrected chi connectivity index (χ0v) is 9.76. The number of hydrogen-bond acceptors (Lipinski definition) is 1. The van der Waals surface area contributed by atoms with Crippen molar-refractivity contribution in [3.8, 4) is 0 Å². The summed E-state index contributed by atoms with van der Waals surface area (Å²) in [5.74, 6) is 0.637. The Kier molecular flexibility index (Phi) is 3.66. The summed E-state index contributed by atoms with van der Waals surface area (Å²) in [5, 5.41) is 0. The van der Waals surface area contributed by atoms with Gasteiger partial charge in [0.2, 0.25) is 0 Å². The lowest BCUT2D eigenvalue weighted by molar-refractivity contribution is 0.671. The Bertz CT molecular complexity index is 335. The van der Waals surface area contributed by atoms with Crippen LogP contribution in [0.2, 0.25) is 0 Å². The van der Waals surface area contributed by atoms with Crippen LogP contribution in [0.5, 0.6) is 0 Å². The van der Waals surface area contributed by atoms with Crippen molar-refractivity contribution in [2.75, 3.05) is 5.88 Å². The van der Waals surface area contributed by atoms with E-state index in [0.717, 1.165) is 6.42 Å². The van der Waals surface area contributed by atoms with Crippen molar-refractivity contribution in [3.63, 3.8) is 0 Å². The first-order valence-corrected chi connectivity index (χ1v) is 6.28. The number of alkyl halides is 1. The smallest absolute Gasteiger partial charge is 0.0306 e. The lowest BCUT2D eigenvalue weighted by Crippen LogP contribution is -2.12. The van der Waals surface area contributed by atoms with Crippen molar-refractivity contribution in [1.82, 2.24) is 0 Å². The Labute approximate surface area is 96.6 Å². The van der Waals surface area contributed by atoms with Crippen molar-refractivity contribution in [1.29, 1.82) is 0 Å². The summed E-state index contributed by atoms with van der Waals surface area (Å²) < 4.78 is 0. The Morgan fingerprint density at radius 1 is 1.20 bits per heavy atom. The molecule has 0 spiro atoms. The van der Waals surface area contributed by atoms with Crippen LogP contribution in [0.25, 0.3) is 0 Å². The van der Waals surface area contributed by atoms with Gasteiger partial charge in [0.05, 0.1) is 0 Å². The van der Waals surface area contributed by atoms with E-state index in [-0.39, 0.29) is 6.04 Å². The van der Waals surface area contributed by atoms with Crippen molar-refractivity contribution in [2.24, 2.45) is 5.73 Å². The molecule has 0 amide bonds. The second kappa shape index (κ2) is 5.00. The summed E-state index contributed by atoms with van der Waals surface area (Å²) in [7, 11) is 0. The third-order valence-electron chi connectivity index (χ3n) is 3.22. The molecule has 1 aliphatic carbocycles. The summed E-state index contributed by atoms with van der Waals surface area (Å²) in [6.45, 7) is 0. The average molecular weight is 224 g/mol.